The number of aliphatic hydroxyl groups is 1. The normalized spacial score (nSPS) is 13.7. The molecule has 4 rings (SSSR count). The lowest BCUT2D eigenvalue weighted by atomic mass is 10.0. The molecule has 30 heavy (non-hydrogen) atoms. The molecule has 0 spiro atoms. The lowest BCUT2D eigenvalue weighted by Gasteiger charge is -2.28. The van der Waals surface area contributed by atoms with Crippen LogP contribution in [0.1, 0.15) is 11.3 Å². The molecule has 0 bridgehead atoms. The van der Waals surface area contributed by atoms with Crippen molar-refractivity contribution in [3.8, 4) is 11.5 Å². The van der Waals surface area contributed by atoms with Crippen LogP contribution < -0.4 is 9.47 Å². The quantitative estimate of drug-likeness (QED) is 0.492. The fraction of sp³-hybridized carbons (Fsp3) is 0.130. The number of aromatic nitrogens is 1. The molecule has 154 valence electrons. The zero-order chi connectivity index (χ0) is 21.4. The number of H-pyrrole nitrogens is 1. The van der Waals surface area contributed by atoms with Gasteiger partial charge in [-0.25, -0.2) is 8.42 Å². The summed E-state index contributed by atoms with van der Waals surface area (Å²) in [6.45, 7) is 0. The van der Waals surface area contributed by atoms with Gasteiger partial charge < -0.3 is 19.6 Å². The third kappa shape index (κ3) is 3.12. The van der Waals surface area contributed by atoms with Crippen LogP contribution in [0.25, 0.3) is 10.9 Å². The molecule has 1 unspecified atom stereocenters. The first-order valence-corrected chi connectivity index (χ1v) is 10.7. The topological polar surface area (TPSA) is 88.6 Å². The summed E-state index contributed by atoms with van der Waals surface area (Å²) in [5, 5.41) is 12.7. The minimum atomic E-state index is -4.29. The Bertz CT molecular complexity index is 1240. The summed E-state index contributed by atoms with van der Waals surface area (Å²) in [6, 6.07) is 21.5. The first-order valence-electron chi connectivity index (χ1n) is 9.24. The smallest absolute Gasteiger partial charge is 0.237 e. The molecule has 0 radical (unpaired) electrons. The van der Waals surface area contributed by atoms with E-state index < -0.39 is 14.8 Å². The highest BCUT2D eigenvalue weighted by atomic mass is 32.2. The lowest BCUT2D eigenvalue weighted by Crippen LogP contribution is -2.37. The SMILES string of the molecule is COc1cc(OC)cc(C(O)(c2cc3ccccc3[nH]2)S(=O)(=O)c2ccccc2)c1. The number of nitrogens with one attached hydrogen (secondary N) is 1. The average molecular weight is 423 g/mol. The van der Waals surface area contributed by atoms with Crippen molar-refractivity contribution in [1.29, 1.82) is 0 Å². The molecule has 2 N–H and O–H groups in total. The number of methoxy groups -OCH3 is 2. The predicted octanol–water partition coefficient (Wildman–Crippen LogP) is 3.85. The Morgan fingerprint density at radius 1 is 0.833 bits per heavy atom. The number of aromatic amines is 1. The second-order valence-corrected chi connectivity index (χ2v) is 8.90. The van der Waals surface area contributed by atoms with Gasteiger partial charge in [-0.15, -0.1) is 0 Å². The van der Waals surface area contributed by atoms with Crippen LogP contribution in [0.2, 0.25) is 0 Å². The maximum Gasteiger partial charge on any atom is 0.237 e. The Hall–Kier alpha value is -3.29. The van der Waals surface area contributed by atoms with Gasteiger partial charge in [-0.1, -0.05) is 36.4 Å². The lowest BCUT2D eigenvalue weighted by molar-refractivity contribution is 0.162. The third-order valence-corrected chi connectivity index (χ3v) is 7.21. The summed E-state index contributed by atoms with van der Waals surface area (Å²) in [5.74, 6) is 0.726. The van der Waals surface area contributed by atoms with Gasteiger partial charge in [0.25, 0.3) is 0 Å². The number of hydrogen-bond acceptors (Lipinski definition) is 5. The van der Waals surface area contributed by atoms with E-state index in [2.05, 4.69) is 4.98 Å². The van der Waals surface area contributed by atoms with Crippen LogP contribution in [0, 0.1) is 0 Å². The number of sulfone groups is 1. The van der Waals surface area contributed by atoms with Crippen LogP contribution in [0.4, 0.5) is 0 Å². The van der Waals surface area contributed by atoms with Crippen LogP contribution >= 0.6 is 0 Å². The summed E-state index contributed by atoms with van der Waals surface area (Å²) in [7, 11) is -1.36. The molecule has 1 aromatic heterocycles. The zero-order valence-corrected chi connectivity index (χ0v) is 17.3. The summed E-state index contributed by atoms with van der Waals surface area (Å²) in [4.78, 5) is 0.661. The van der Waals surface area contributed by atoms with Gasteiger partial charge in [0.05, 0.1) is 24.8 Å². The Kier molecular flexibility index (Phi) is 5.01. The zero-order valence-electron chi connectivity index (χ0n) is 16.5. The van der Waals surface area contributed by atoms with E-state index in [0.29, 0.717) is 17.0 Å². The molecule has 4 aromatic rings. The van der Waals surface area contributed by atoms with Crippen molar-refractivity contribution in [2.24, 2.45) is 0 Å². The Balaban J connectivity index is 2.05. The van der Waals surface area contributed by atoms with Crippen LogP contribution in [0.3, 0.4) is 0 Å². The maximum absolute atomic E-state index is 13.8. The van der Waals surface area contributed by atoms with Crippen LogP contribution in [-0.4, -0.2) is 32.7 Å². The number of rotatable bonds is 6. The monoisotopic (exact) mass is 423 g/mol. The molecule has 1 heterocycles. The first-order chi connectivity index (χ1) is 14.4. The molecular weight excluding hydrogens is 402 g/mol. The summed E-state index contributed by atoms with van der Waals surface area (Å²) in [5.41, 5.74) is 0.945. The van der Waals surface area contributed by atoms with Crippen molar-refractivity contribution in [2.45, 2.75) is 9.83 Å². The van der Waals surface area contributed by atoms with Gasteiger partial charge in [-0.05, 0) is 41.8 Å². The second kappa shape index (κ2) is 7.51. The molecule has 0 aliphatic rings. The maximum atomic E-state index is 13.8. The van der Waals surface area contributed by atoms with E-state index in [1.807, 2.05) is 24.3 Å². The van der Waals surface area contributed by atoms with Gasteiger partial charge in [0.15, 0.2) is 0 Å². The van der Waals surface area contributed by atoms with Crippen molar-refractivity contribution < 1.29 is 23.0 Å². The molecule has 3 aromatic carbocycles. The van der Waals surface area contributed by atoms with E-state index in [0.717, 1.165) is 5.39 Å². The van der Waals surface area contributed by atoms with Gasteiger partial charge in [-0.3, -0.25) is 0 Å². The standard InChI is InChI=1S/C23H21NO5S/c1-28-18-13-17(14-19(15-18)29-2)23(25,30(26,27)20-9-4-3-5-10-20)22-12-16-8-6-7-11-21(16)24-22/h3-15,24-25H,1-2H3. The number of ether oxygens (including phenoxy) is 2. The average Bonchev–Trinajstić information content (AvgIpc) is 3.23. The van der Waals surface area contributed by atoms with E-state index in [4.69, 9.17) is 9.47 Å². The highest BCUT2D eigenvalue weighted by molar-refractivity contribution is 7.92. The Morgan fingerprint density at radius 3 is 2.03 bits per heavy atom. The van der Waals surface area contributed by atoms with Crippen molar-refractivity contribution in [2.75, 3.05) is 14.2 Å². The molecule has 7 heteroatoms. The van der Waals surface area contributed by atoms with E-state index in [9.17, 15) is 13.5 Å². The predicted molar refractivity (Wildman–Crippen MR) is 114 cm³/mol. The molecule has 0 fully saturated rings. The Morgan fingerprint density at radius 2 is 1.43 bits per heavy atom. The minimum absolute atomic E-state index is 0.00653. The minimum Gasteiger partial charge on any atom is -0.497 e. The number of fused-ring (bicyclic) bond motifs is 1. The summed E-state index contributed by atoms with van der Waals surface area (Å²) >= 11 is 0. The van der Waals surface area contributed by atoms with Crippen molar-refractivity contribution in [3.63, 3.8) is 0 Å². The fourth-order valence-electron chi connectivity index (χ4n) is 3.48. The highest BCUT2D eigenvalue weighted by Gasteiger charge is 2.48. The fourth-order valence-corrected chi connectivity index (χ4v) is 5.17. The number of benzene rings is 3. The molecule has 0 aliphatic carbocycles. The van der Waals surface area contributed by atoms with Crippen molar-refractivity contribution >= 4 is 20.7 Å². The van der Waals surface area contributed by atoms with Crippen LogP contribution in [0.15, 0.2) is 83.8 Å². The number of hydrogen-bond donors (Lipinski definition) is 2. The van der Waals surface area contributed by atoms with Gasteiger partial charge in [0, 0.05) is 17.1 Å². The van der Waals surface area contributed by atoms with Crippen molar-refractivity contribution in [3.05, 3.63) is 90.1 Å². The van der Waals surface area contributed by atoms with Crippen LogP contribution in [0.5, 0.6) is 11.5 Å². The van der Waals surface area contributed by atoms with Gasteiger partial charge in [0.2, 0.25) is 14.8 Å². The highest BCUT2D eigenvalue weighted by Crippen LogP contribution is 2.42. The second-order valence-electron chi connectivity index (χ2n) is 6.83. The van der Waals surface area contributed by atoms with Gasteiger partial charge in [-0.2, -0.15) is 0 Å². The van der Waals surface area contributed by atoms with E-state index in [1.54, 1.807) is 30.3 Å². The molecule has 0 aliphatic heterocycles. The van der Waals surface area contributed by atoms with Crippen LogP contribution in [-0.2, 0) is 14.8 Å². The van der Waals surface area contributed by atoms with Gasteiger partial charge in [0.1, 0.15) is 11.5 Å². The summed E-state index contributed by atoms with van der Waals surface area (Å²) in [6.07, 6.45) is 0. The number of para-hydroxylation sites is 1. The molecule has 0 saturated carbocycles. The van der Waals surface area contributed by atoms with Crippen molar-refractivity contribution in [1.82, 2.24) is 4.98 Å². The van der Waals surface area contributed by atoms with E-state index in [-0.39, 0.29) is 16.2 Å². The largest absolute Gasteiger partial charge is 0.497 e. The third-order valence-electron chi connectivity index (χ3n) is 5.08. The molecule has 6 nitrogen and oxygen atoms in total. The molecule has 0 amide bonds. The van der Waals surface area contributed by atoms with Gasteiger partial charge >= 0.3 is 0 Å². The van der Waals surface area contributed by atoms with E-state index in [1.165, 1.54) is 38.5 Å². The molecular formula is C23H21NO5S. The molecule has 0 saturated heterocycles. The Labute approximate surface area is 174 Å². The summed E-state index contributed by atoms with van der Waals surface area (Å²) < 4.78 is 38.2. The van der Waals surface area contributed by atoms with E-state index >= 15 is 0 Å². The molecule has 1 atom stereocenters. The first kappa shape index (κ1) is 20.0.